The molecule has 3 aromatic carbocycles. The lowest BCUT2D eigenvalue weighted by Gasteiger charge is -2.16. The lowest BCUT2D eigenvalue weighted by molar-refractivity contribution is 0.476. The molecule has 3 rings (SSSR count). The molecule has 5 nitrogen and oxygen atoms in total. The van der Waals surface area contributed by atoms with Crippen LogP contribution in [0.1, 0.15) is 5.56 Å². The Morgan fingerprint density at radius 3 is 1.68 bits per heavy atom. The zero-order valence-corrected chi connectivity index (χ0v) is 20.4. The fourth-order valence-corrected chi connectivity index (χ4v) is 4.55. The van der Waals surface area contributed by atoms with Crippen molar-refractivity contribution in [2.45, 2.75) is 4.90 Å². The van der Waals surface area contributed by atoms with E-state index in [9.17, 15) is 13.5 Å². The molecule has 3 aromatic rings. The van der Waals surface area contributed by atoms with Crippen LogP contribution in [0.2, 0.25) is 30.1 Å². The molecule has 2 N–H and O–H groups in total. The molecular weight excluding hydrogens is 549 g/mol. The van der Waals surface area contributed by atoms with E-state index in [4.69, 9.17) is 69.6 Å². The first kappa shape index (κ1) is 24.3. The quantitative estimate of drug-likeness (QED) is 0.150. The zero-order chi connectivity index (χ0) is 22.9. The average molecular weight is 559 g/mol. The highest BCUT2D eigenvalue weighted by Crippen LogP contribution is 2.48. The van der Waals surface area contributed by atoms with Crippen molar-refractivity contribution in [2.24, 2.45) is 4.40 Å². The third-order valence-corrected chi connectivity index (χ3v) is 7.40. The van der Waals surface area contributed by atoms with E-state index in [1.165, 1.54) is 36.4 Å². The maximum Gasteiger partial charge on any atom is 0.284 e. The van der Waals surface area contributed by atoms with Crippen molar-refractivity contribution in [1.82, 2.24) is 0 Å². The molecule has 0 heterocycles. The van der Waals surface area contributed by atoms with Crippen LogP contribution in [0.15, 0.2) is 57.8 Å². The molecule has 0 atom stereocenters. The highest BCUT2D eigenvalue weighted by atomic mass is 35.5. The SMILES string of the molecule is O=S(=O)(/N=C(/Nc1c(Cl)c(Cl)c(O)c(Cl)c1Cl)c1ccc(Cl)cc1)c1ccc(Cl)cc1. The largest absolute Gasteiger partial charge is 0.505 e. The summed E-state index contributed by atoms with van der Waals surface area (Å²) in [6.07, 6.45) is 0. The summed E-state index contributed by atoms with van der Waals surface area (Å²) >= 11 is 36.2. The maximum absolute atomic E-state index is 12.9. The molecular formula is C19H10Cl6N2O3S. The number of phenols is 1. The van der Waals surface area contributed by atoms with Gasteiger partial charge in [-0.3, -0.25) is 0 Å². The number of nitrogens with one attached hydrogen (secondary N) is 1. The summed E-state index contributed by atoms with van der Waals surface area (Å²) < 4.78 is 29.7. The monoisotopic (exact) mass is 556 g/mol. The molecule has 0 bridgehead atoms. The first-order valence-corrected chi connectivity index (χ1v) is 11.9. The number of halogens is 6. The minimum atomic E-state index is -4.18. The number of aromatic hydroxyl groups is 1. The summed E-state index contributed by atoms with van der Waals surface area (Å²) in [5.41, 5.74) is 0.297. The Morgan fingerprint density at radius 2 is 1.19 bits per heavy atom. The summed E-state index contributed by atoms with van der Waals surface area (Å²) in [7, 11) is -4.18. The molecule has 0 saturated heterocycles. The van der Waals surface area contributed by atoms with Crippen LogP contribution in [0.25, 0.3) is 0 Å². The van der Waals surface area contributed by atoms with Gasteiger partial charge in [-0.15, -0.1) is 4.40 Å². The Bertz CT molecular complexity index is 1250. The van der Waals surface area contributed by atoms with Gasteiger partial charge in [-0.25, -0.2) is 0 Å². The second-order valence-electron chi connectivity index (χ2n) is 5.98. The number of hydrogen-bond acceptors (Lipinski definition) is 3. The molecule has 0 spiro atoms. The van der Waals surface area contributed by atoms with Crippen molar-refractivity contribution in [3.05, 3.63) is 84.2 Å². The van der Waals surface area contributed by atoms with Crippen LogP contribution in [0.5, 0.6) is 5.75 Å². The van der Waals surface area contributed by atoms with Gasteiger partial charge < -0.3 is 10.4 Å². The van der Waals surface area contributed by atoms with Crippen molar-refractivity contribution in [1.29, 1.82) is 0 Å². The zero-order valence-electron chi connectivity index (χ0n) is 15.0. The summed E-state index contributed by atoms with van der Waals surface area (Å²) in [5, 5.41) is 12.6. The lowest BCUT2D eigenvalue weighted by Crippen LogP contribution is -2.17. The van der Waals surface area contributed by atoms with Crippen LogP contribution >= 0.6 is 69.6 Å². The number of benzene rings is 3. The first-order valence-electron chi connectivity index (χ1n) is 8.19. The average Bonchev–Trinajstić information content (AvgIpc) is 2.74. The summed E-state index contributed by atoms with van der Waals surface area (Å²) in [4.78, 5) is -0.0934. The molecule has 0 saturated carbocycles. The molecule has 0 aliphatic rings. The van der Waals surface area contributed by atoms with E-state index >= 15 is 0 Å². The van der Waals surface area contributed by atoms with Gasteiger partial charge in [-0.2, -0.15) is 8.42 Å². The topological polar surface area (TPSA) is 78.8 Å². The van der Waals surface area contributed by atoms with Crippen molar-refractivity contribution < 1.29 is 13.5 Å². The molecule has 0 radical (unpaired) electrons. The fraction of sp³-hybridized carbons (Fsp3) is 0. The molecule has 0 unspecified atom stereocenters. The third kappa shape index (κ3) is 5.34. The Morgan fingerprint density at radius 1 is 0.742 bits per heavy atom. The number of nitrogens with zero attached hydrogens (tertiary/aromatic N) is 1. The first-order chi connectivity index (χ1) is 14.5. The highest BCUT2D eigenvalue weighted by Gasteiger charge is 2.23. The number of anilines is 1. The van der Waals surface area contributed by atoms with Crippen LogP contribution < -0.4 is 5.32 Å². The van der Waals surface area contributed by atoms with Crippen LogP contribution in [-0.4, -0.2) is 19.4 Å². The fourth-order valence-electron chi connectivity index (χ4n) is 2.38. The van der Waals surface area contributed by atoms with Gasteiger partial charge >= 0.3 is 0 Å². The Kier molecular flexibility index (Phi) is 7.54. The van der Waals surface area contributed by atoms with Gasteiger partial charge in [-0.1, -0.05) is 69.6 Å². The molecule has 0 aliphatic heterocycles. The van der Waals surface area contributed by atoms with Gasteiger partial charge in [0.1, 0.15) is 10.0 Å². The smallest absolute Gasteiger partial charge is 0.284 e. The van der Waals surface area contributed by atoms with E-state index in [0.29, 0.717) is 15.6 Å². The van der Waals surface area contributed by atoms with Gasteiger partial charge in [0.05, 0.1) is 20.6 Å². The number of hydrogen-bond donors (Lipinski definition) is 2. The summed E-state index contributed by atoms with van der Waals surface area (Å²) in [5.74, 6) is -0.657. The molecule has 0 amide bonds. The third-order valence-electron chi connectivity index (χ3n) is 3.92. The van der Waals surface area contributed by atoms with Gasteiger partial charge in [0.25, 0.3) is 10.0 Å². The van der Waals surface area contributed by atoms with Crippen molar-refractivity contribution >= 4 is 91.2 Å². The summed E-state index contributed by atoms with van der Waals surface area (Å²) in [6.45, 7) is 0. The molecule has 162 valence electrons. The van der Waals surface area contributed by atoms with Crippen molar-refractivity contribution in [3.63, 3.8) is 0 Å². The number of amidine groups is 1. The molecule has 12 heteroatoms. The molecule has 0 aromatic heterocycles. The number of phenolic OH excluding ortho intramolecular Hbond substituents is 1. The second kappa shape index (κ2) is 9.63. The van der Waals surface area contributed by atoms with E-state index in [1.54, 1.807) is 12.1 Å². The second-order valence-corrected chi connectivity index (χ2v) is 9.97. The van der Waals surface area contributed by atoms with Crippen molar-refractivity contribution in [3.8, 4) is 5.75 Å². The highest BCUT2D eigenvalue weighted by molar-refractivity contribution is 7.90. The van der Waals surface area contributed by atoms with Crippen LogP contribution in [0, 0.1) is 0 Å². The predicted octanol–water partition coefficient (Wildman–Crippen LogP) is 7.56. The predicted molar refractivity (Wildman–Crippen MR) is 128 cm³/mol. The standard InChI is InChI=1S/C19H10Cl6N2O3S/c20-10-3-1-9(2-4-10)19(27-31(29,30)12-7-5-11(21)6-8-12)26-17-13(22)15(24)18(28)16(25)14(17)23/h1-8,28H,(H,26,27). The maximum atomic E-state index is 12.9. The molecule has 31 heavy (non-hydrogen) atoms. The van der Waals surface area contributed by atoms with Gasteiger partial charge in [0.15, 0.2) is 11.6 Å². The normalized spacial score (nSPS) is 12.1. The molecule has 0 aliphatic carbocycles. The van der Waals surface area contributed by atoms with Crippen molar-refractivity contribution in [2.75, 3.05) is 5.32 Å². The number of rotatable bonds is 4. The Labute approximate surface area is 208 Å². The summed E-state index contributed by atoms with van der Waals surface area (Å²) in [6, 6.07) is 11.6. The van der Waals surface area contributed by atoms with E-state index in [0.717, 1.165) is 0 Å². The minimum Gasteiger partial charge on any atom is -0.505 e. The van der Waals surface area contributed by atoms with Gasteiger partial charge in [0, 0.05) is 15.6 Å². The van der Waals surface area contributed by atoms with Gasteiger partial charge in [0.2, 0.25) is 0 Å². The van der Waals surface area contributed by atoms with Crippen LogP contribution in [-0.2, 0) is 10.0 Å². The molecule has 0 fully saturated rings. The Hall–Kier alpha value is -1.38. The van der Waals surface area contributed by atoms with Crippen LogP contribution in [0.4, 0.5) is 5.69 Å². The Balaban J connectivity index is 2.18. The van der Waals surface area contributed by atoms with E-state index in [1.807, 2.05) is 0 Å². The minimum absolute atomic E-state index is 0.0452. The van der Waals surface area contributed by atoms with E-state index in [-0.39, 0.29) is 36.5 Å². The van der Waals surface area contributed by atoms with Crippen LogP contribution in [0.3, 0.4) is 0 Å². The number of sulfonamides is 1. The van der Waals surface area contributed by atoms with E-state index < -0.39 is 15.8 Å². The van der Waals surface area contributed by atoms with E-state index in [2.05, 4.69) is 9.71 Å². The lowest BCUT2D eigenvalue weighted by atomic mass is 10.2. The van der Waals surface area contributed by atoms with Gasteiger partial charge in [-0.05, 0) is 48.5 Å².